The third-order valence-corrected chi connectivity index (χ3v) is 3.57. The quantitative estimate of drug-likeness (QED) is 0.718. The molecule has 0 fully saturated rings. The summed E-state index contributed by atoms with van der Waals surface area (Å²) in [6, 6.07) is 14.7. The van der Waals surface area contributed by atoms with Crippen LogP contribution in [0.5, 0.6) is 0 Å². The zero-order chi connectivity index (χ0) is 12.7. The first kappa shape index (κ1) is 10.6. The predicted molar refractivity (Wildman–Crippen MR) is 75.5 cm³/mol. The highest BCUT2D eigenvalue weighted by atomic mass is 15.0. The first-order valence-electron chi connectivity index (χ1n) is 6.45. The standard InChI is InChI=1S/C16H13N3/c1-2-4-12-7-13(6-5-11(12)3-1)16-18-9-14-8-17-10-15(14)19-16/h1-7,9,17H,8,10H2. The van der Waals surface area contributed by atoms with Gasteiger partial charge in [0.1, 0.15) is 0 Å². The van der Waals surface area contributed by atoms with E-state index in [4.69, 9.17) is 0 Å². The van der Waals surface area contributed by atoms with Crippen molar-refractivity contribution < 1.29 is 0 Å². The number of nitrogens with zero attached hydrogens (tertiary/aromatic N) is 2. The van der Waals surface area contributed by atoms with Crippen molar-refractivity contribution in [2.75, 3.05) is 0 Å². The van der Waals surface area contributed by atoms with E-state index in [1.807, 2.05) is 6.20 Å². The lowest BCUT2D eigenvalue weighted by Gasteiger charge is -2.04. The molecule has 3 aromatic rings. The Morgan fingerprint density at radius 2 is 1.84 bits per heavy atom. The topological polar surface area (TPSA) is 37.8 Å². The molecule has 1 N–H and O–H groups in total. The molecule has 1 aromatic heterocycles. The molecule has 0 amide bonds. The SMILES string of the molecule is c1ccc2cc(-c3ncc4c(n3)CNC4)ccc2c1. The molecule has 0 saturated heterocycles. The largest absolute Gasteiger partial charge is 0.307 e. The van der Waals surface area contributed by atoms with Crippen molar-refractivity contribution in [2.24, 2.45) is 0 Å². The van der Waals surface area contributed by atoms with E-state index in [1.54, 1.807) is 0 Å². The summed E-state index contributed by atoms with van der Waals surface area (Å²) in [6.45, 7) is 1.73. The second-order valence-electron chi connectivity index (χ2n) is 4.83. The van der Waals surface area contributed by atoms with Gasteiger partial charge < -0.3 is 5.32 Å². The zero-order valence-electron chi connectivity index (χ0n) is 10.4. The molecule has 2 heterocycles. The van der Waals surface area contributed by atoms with Gasteiger partial charge in [0.05, 0.1) is 5.69 Å². The fourth-order valence-electron chi connectivity index (χ4n) is 2.53. The van der Waals surface area contributed by atoms with Gasteiger partial charge in [-0.15, -0.1) is 0 Å². The minimum atomic E-state index is 0.813. The van der Waals surface area contributed by atoms with Crippen molar-refractivity contribution >= 4 is 10.8 Å². The van der Waals surface area contributed by atoms with Gasteiger partial charge in [0, 0.05) is 30.4 Å². The molecular weight excluding hydrogens is 234 g/mol. The van der Waals surface area contributed by atoms with E-state index in [9.17, 15) is 0 Å². The van der Waals surface area contributed by atoms with Gasteiger partial charge in [-0.25, -0.2) is 9.97 Å². The molecule has 19 heavy (non-hydrogen) atoms. The molecule has 3 nitrogen and oxygen atoms in total. The van der Waals surface area contributed by atoms with Crippen LogP contribution in [0.1, 0.15) is 11.3 Å². The number of fused-ring (bicyclic) bond motifs is 2. The predicted octanol–water partition coefficient (Wildman–Crippen LogP) is 2.90. The highest BCUT2D eigenvalue weighted by molar-refractivity contribution is 5.86. The smallest absolute Gasteiger partial charge is 0.159 e. The lowest BCUT2D eigenvalue weighted by Crippen LogP contribution is -2.00. The summed E-state index contributed by atoms with van der Waals surface area (Å²) in [6.07, 6.45) is 1.94. The fraction of sp³-hybridized carbons (Fsp3) is 0.125. The van der Waals surface area contributed by atoms with Crippen molar-refractivity contribution in [2.45, 2.75) is 13.1 Å². The van der Waals surface area contributed by atoms with Crippen molar-refractivity contribution in [1.29, 1.82) is 0 Å². The molecule has 0 atom stereocenters. The number of nitrogens with one attached hydrogen (secondary N) is 1. The molecule has 0 unspecified atom stereocenters. The first-order valence-corrected chi connectivity index (χ1v) is 6.45. The second-order valence-corrected chi connectivity index (χ2v) is 4.83. The normalized spacial score (nSPS) is 13.7. The fourth-order valence-corrected chi connectivity index (χ4v) is 2.53. The molecule has 0 aliphatic carbocycles. The Balaban J connectivity index is 1.85. The molecule has 1 aliphatic heterocycles. The molecule has 92 valence electrons. The average Bonchev–Trinajstić information content (AvgIpc) is 2.94. The van der Waals surface area contributed by atoms with E-state index in [1.165, 1.54) is 16.3 Å². The van der Waals surface area contributed by atoms with Crippen LogP contribution in [0.4, 0.5) is 0 Å². The van der Waals surface area contributed by atoms with E-state index in [2.05, 4.69) is 57.7 Å². The van der Waals surface area contributed by atoms with E-state index in [-0.39, 0.29) is 0 Å². The molecule has 4 rings (SSSR count). The molecule has 1 aliphatic rings. The summed E-state index contributed by atoms with van der Waals surface area (Å²) < 4.78 is 0. The minimum absolute atomic E-state index is 0.813. The Kier molecular flexibility index (Phi) is 2.32. The van der Waals surface area contributed by atoms with Crippen LogP contribution in [-0.2, 0) is 13.1 Å². The van der Waals surface area contributed by atoms with Crippen molar-refractivity contribution in [3.8, 4) is 11.4 Å². The summed E-state index contributed by atoms with van der Waals surface area (Å²) in [5.41, 5.74) is 3.41. The second kappa shape index (κ2) is 4.14. The number of aromatic nitrogens is 2. The molecule has 0 spiro atoms. The Bertz CT molecular complexity index is 765. The lowest BCUT2D eigenvalue weighted by molar-refractivity contribution is 0.758. The van der Waals surface area contributed by atoms with Crippen LogP contribution in [0.25, 0.3) is 22.2 Å². The number of rotatable bonds is 1. The van der Waals surface area contributed by atoms with E-state index in [0.717, 1.165) is 30.2 Å². The average molecular weight is 247 g/mol. The molecule has 0 radical (unpaired) electrons. The highest BCUT2D eigenvalue weighted by Gasteiger charge is 2.13. The van der Waals surface area contributed by atoms with E-state index < -0.39 is 0 Å². The van der Waals surface area contributed by atoms with Gasteiger partial charge in [0.25, 0.3) is 0 Å². The first-order chi connectivity index (χ1) is 9.40. The van der Waals surface area contributed by atoms with Crippen LogP contribution >= 0.6 is 0 Å². The van der Waals surface area contributed by atoms with Crippen LogP contribution in [0.15, 0.2) is 48.7 Å². The summed E-state index contributed by atoms with van der Waals surface area (Å²) >= 11 is 0. The van der Waals surface area contributed by atoms with Gasteiger partial charge in [0.2, 0.25) is 0 Å². The molecule has 0 saturated carbocycles. The van der Waals surface area contributed by atoms with Gasteiger partial charge in [-0.3, -0.25) is 0 Å². The van der Waals surface area contributed by atoms with Crippen molar-refractivity contribution in [1.82, 2.24) is 15.3 Å². The molecule has 0 bridgehead atoms. The summed E-state index contributed by atoms with van der Waals surface area (Å²) in [5.74, 6) is 0.813. The van der Waals surface area contributed by atoms with Gasteiger partial charge in [-0.05, 0) is 16.8 Å². The number of hydrogen-bond donors (Lipinski definition) is 1. The van der Waals surface area contributed by atoms with Crippen molar-refractivity contribution in [3.63, 3.8) is 0 Å². The summed E-state index contributed by atoms with van der Waals surface area (Å²) in [4.78, 5) is 9.13. The highest BCUT2D eigenvalue weighted by Crippen LogP contribution is 2.23. The molecular formula is C16H13N3. The van der Waals surface area contributed by atoms with Crippen LogP contribution < -0.4 is 5.32 Å². The van der Waals surface area contributed by atoms with E-state index in [0.29, 0.717) is 0 Å². The van der Waals surface area contributed by atoms with Gasteiger partial charge in [-0.1, -0.05) is 36.4 Å². The van der Waals surface area contributed by atoms with Crippen LogP contribution in [0.2, 0.25) is 0 Å². The lowest BCUT2D eigenvalue weighted by atomic mass is 10.1. The summed E-state index contributed by atoms with van der Waals surface area (Å²) in [5, 5.41) is 5.76. The van der Waals surface area contributed by atoms with Crippen LogP contribution in [0.3, 0.4) is 0 Å². The third-order valence-electron chi connectivity index (χ3n) is 3.57. The Morgan fingerprint density at radius 3 is 2.79 bits per heavy atom. The molecule has 3 heteroatoms. The minimum Gasteiger partial charge on any atom is -0.307 e. The maximum Gasteiger partial charge on any atom is 0.159 e. The maximum absolute atomic E-state index is 4.66. The van der Waals surface area contributed by atoms with Gasteiger partial charge in [0.15, 0.2) is 5.82 Å². The van der Waals surface area contributed by atoms with Crippen LogP contribution in [0, 0.1) is 0 Å². The summed E-state index contributed by atoms with van der Waals surface area (Å²) in [7, 11) is 0. The van der Waals surface area contributed by atoms with Crippen molar-refractivity contribution in [3.05, 3.63) is 59.9 Å². The zero-order valence-corrected chi connectivity index (χ0v) is 10.4. The van der Waals surface area contributed by atoms with Crippen LogP contribution in [-0.4, -0.2) is 9.97 Å². The van der Waals surface area contributed by atoms with E-state index >= 15 is 0 Å². The number of hydrogen-bond acceptors (Lipinski definition) is 3. The maximum atomic E-state index is 4.66. The molecule has 2 aromatic carbocycles. The Hall–Kier alpha value is -2.26. The van der Waals surface area contributed by atoms with Gasteiger partial charge >= 0.3 is 0 Å². The third kappa shape index (κ3) is 1.79. The number of benzene rings is 2. The monoisotopic (exact) mass is 247 g/mol. The Labute approximate surface area is 111 Å². The Morgan fingerprint density at radius 1 is 0.947 bits per heavy atom. The van der Waals surface area contributed by atoms with Gasteiger partial charge in [-0.2, -0.15) is 0 Å².